The first-order chi connectivity index (χ1) is 9.02. The number of aliphatic hydroxyl groups is 1. The van der Waals surface area contributed by atoms with Crippen molar-refractivity contribution in [3.63, 3.8) is 0 Å². The molecule has 1 aromatic carbocycles. The van der Waals surface area contributed by atoms with E-state index in [0.29, 0.717) is 11.3 Å². The van der Waals surface area contributed by atoms with Crippen molar-refractivity contribution < 1.29 is 24.5 Å². The maximum Gasteiger partial charge on any atom is 0.326 e. The molecule has 6 nitrogen and oxygen atoms in total. The van der Waals surface area contributed by atoms with Gasteiger partial charge in [0.1, 0.15) is 11.8 Å². The molecule has 1 aliphatic heterocycles. The van der Waals surface area contributed by atoms with Crippen molar-refractivity contribution in [1.82, 2.24) is 4.90 Å². The molecule has 1 aliphatic rings. The standard InChI is InChI=1S/C13H15NO5/c1-19-10-4-2-3-8(5-10)12(16)14-7-9(15)6-11(14)13(17)18/h2-5,9,11,15H,6-7H2,1H3,(H,17,18)/t9-,11-/m0/s1. The smallest absolute Gasteiger partial charge is 0.326 e. The second-order valence-corrected chi connectivity index (χ2v) is 4.43. The van der Waals surface area contributed by atoms with Gasteiger partial charge in [-0.25, -0.2) is 4.79 Å². The molecule has 2 N–H and O–H groups in total. The Hall–Kier alpha value is -2.08. The molecule has 1 fully saturated rings. The molecule has 2 rings (SSSR count). The number of likely N-dealkylation sites (tertiary alicyclic amines) is 1. The number of carboxylic acids is 1. The van der Waals surface area contributed by atoms with Gasteiger partial charge >= 0.3 is 5.97 Å². The van der Waals surface area contributed by atoms with Gasteiger partial charge in [-0.2, -0.15) is 0 Å². The number of benzene rings is 1. The zero-order valence-electron chi connectivity index (χ0n) is 10.4. The highest BCUT2D eigenvalue weighted by atomic mass is 16.5. The number of β-amino-alcohol motifs (C(OH)–C–C–N with tert-alkyl or cyclic N) is 1. The van der Waals surface area contributed by atoms with Crippen molar-refractivity contribution in [3.05, 3.63) is 29.8 Å². The van der Waals surface area contributed by atoms with Crippen LogP contribution in [0.3, 0.4) is 0 Å². The summed E-state index contributed by atoms with van der Waals surface area (Å²) in [6.45, 7) is 0.0347. The van der Waals surface area contributed by atoms with Gasteiger partial charge in [0, 0.05) is 18.5 Å². The maximum absolute atomic E-state index is 12.3. The van der Waals surface area contributed by atoms with Crippen LogP contribution in [0.5, 0.6) is 5.75 Å². The zero-order valence-corrected chi connectivity index (χ0v) is 10.4. The molecule has 0 aromatic heterocycles. The largest absolute Gasteiger partial charge is 0.497 e. The fourth-order valence-corrected chi connectivity index (χ4v) is 2.19. The van der Waals surface area contributed by atoms with E-state index in [-0.39, 0.29) is 13.0 Å². The number of hydrogen-bond donors (Lipinski definition) is 2. The average Bonchev–Trinajstić information content (AvgIpc) is 2.80. The quantitative estimate of drug-likeness (QED) is 0.823. The van der Waals surface area contributed by atoms with Gasteiger partial charge in [0.15, 0.2) is 0 Å². The Morgan fingerprint density at radius 2 is 2.16 bits per heavy atom. The van der Waals surface area contributed by atoms with Crippen LogP contribution in [0.15, 0.2) is 24.3 Å². The molecular weight excluding hydrogens is 250 g/mol. The Morgan fingerprint density at radius 1 is 1.42 bits per heavy atom. The molecule has 2 atom stereocenters. The summed E-state index contributed by atoms with van der Waals surface area (Å²) in [6.07, 6.45) is -0.735. The van der Waals surface area contributed by atoms with E-state index in [1.165, 1.54) is 12.0 Å². The predicted molar refractivity (Wildman–Crippen MR) is 66.1 cm³/mol. The van der Waals surface area contributed by atoms with Crippen molar-refractivity contribution in [1.29, 1.82) is 0 Å². The lowest BCUT2D eigenvalue weighted by atomic mass is 10.1. The highest BCUT2D eigenvalue weighted by Crippen LogP contribution is 2.22. The highest BCUT2D eigenvalue weighted by Gasteiger charge is 2.39. The number of aliphatic carboxylic acids is 1. The average molecular weight is 265 g/mol. The molecular formula is C13H15NO5. The number of rotatable bonds is 3. The van der Waals surface area contributed by atoms with E-state index < -0.39 is 24.0 Å². The molecule has 6 heteroatoms. The van der Waals surface area contributed by atoms with Crippen molar-refractivity contribution >= 4 is 11.9 Å². The van der Waals surface area contributed by atoms with Crippen LogP contribution in [0, 0.1) is 0 Å². The third-order valence-corrected chi connectivity index (χ3v) is 3.14. The van der Waals surface area contributed by atoms with E-state index in [0.717, 1.165) is 0 Å². The molecule has 0 radical (unpaired) electrons. The molecule has 0 bridgehead atoms. The van der Waals surface area contributed by atoms with Crippen LogP contribution in [-0.2, 0) is 4.79 Å². The molecule has 0 aliphatic carbocycles. The number of carbonyl (C=O) groups is 2. The van der Waals surface area contributed by atoms with E-state index in [1.54, 1.807) is 24.3 Å². The predicted octanol–water partition coefficient (Wildman–Crippen LogP) is 0.355. The van der Waals surface area contributed by atoms with Gasteiger partial charge in [0.05, 0.1) is 13.2 Å². The Labute approximate surface area is 110 Å². The van der Waals surface area contributed by atoms with Crippen LogP contribution in [0.25, 0.3) is 0 Å². The second kappa shape index (κ2) is 5.27. The number of aliphatic hydroxyl groups excluding tert-OH is 1. The first-order valence-corrected chi connectivity index (χ1v) is 5.89. The molecule has 1 amide bonds. The van der Waals surface area contributed by atoms with Crippen molar-refractivity contribution in [2.75, 3.05) is 13.7 Å². The van der Waals surface area contributed by atoms with Crippen molar-refractivity contribution in [3.8, 4) is 5.75 Å². The van der Waals surface area contributed by atoms with Gasteiger partial charge in [-0.15, -0.1) is 0 Å². The number of carbonyl (C=O) groups excluding carboxylic acids is 1. The monoisotopic (exact) mass is 265 g/mol. The minimum atomic E-state index is -1.10. The SMILES string of the molecule is COc1cccc(C(=O)N2C[C@@H](O)C[C@H]2C(=O)O)c1. The van der Waals surface area contributed by atoms with E-state index in [1.807, 2.05) is 0 Å². The van der Waals surface area contributed by atoms with Crippen LogP contribution in [0.4, 0.5) is 0 Å². The lowest BCUT2D eigenvalue weighted by Gasteiger charge is -2.21. The van der Waals surface area contributed by atoms with Crippen LogP contribution in [0.2, 0.25) is 0 Å². The lowest BCUT2D eigenvalue weighted by molar-refractivity contribution is -0.141. The molecule has 0 unspecified atom stereocenters. The number of methoxy groups -OCH3 is 1. The fourth-order valence-electron chi connectivity index (χ4n) is 2.19. The van der Waals surface area contributed by atoms with E-state index in [2.05, 4.69) is 0 Å². The number of ether oxygens (including phenoxy) is 1. The van der Waals surface area contributed by atoms with Crippen LogP contribution >= 0.6 is 0 Å². The van der Waals surface area contributed by atoms with Gasteiger partial charge in [-0.1, -0.05) is 6.07 Å². The Bertz CT molecular complexity index is 502. The van der Waals surface area contributed by atoms with Crippen LogP contribution in [-0.4, -0.2) is 52.8 Å². The number of nitrogens with zero attached hydrogens (tertiary/aromatic N) is 1. The summed E-state index contributed by atoms with van der Waals surface area (Å²) in [4.78, 5) is 24.5. The summed E-state index contributed by atoms with van der Waals surface area (Å²) in [6, 6.07) is 5.52. The van der Waals surface area contributed by atoms with Gasteiger partial charge in [-0.05, 0) is 18.2 Å². The Morgan fingerprint density at radius 3 is 2.79 bits per heavy atom. The molecule has 19 heavy (non-hydrogen) atoms. The fraction of sp³-hybridized carbons (Fsp3) is 0.385. The summed E-state index contributed by atoms with van der Waals surface area (Å²) in [5.41, 5.74) is 0.347. The van der Waals surface area contributed by atoms with Gasteiger partial charge in [-0.3, -0.25) is 4.79 Å². The first-order valence-electron chi connectivity index (χ1n) is 5.89. The number of amides is 1. The topological polar surface area (TPSA) is 87.1 Å². The van der Waals surface area contributed by atoms with Gasteiger partial charge < -0.3 is 19.8 Å². The highest BCUT2D eigenvalue weighted by molar-refractivity contribution is 5.97. The second-order valence-electron chi connectivity index (χ2n) is 4.43. The maximum atomic E-state index is 12.3. The molecule has 0 spiro atoms. The molecule has 102 valence electrons. The summed E-state index contributed by atoms with van der Waals surface area (Å²) in [5.74, 6) is -0.992. The van der Waals surface area contributed by atoms with E-state index >= 15 is 0 Å². The normalized spacial score (nSPS) is 22.3. The summed E-state index contributed by atoms with van der Waals surface area (Å²) < 4.78 is 5.03. The van der Waals surface area contributed by atoms with Crippen molar-refractivity contribution in [2.24, 2.45) is 0 Å². The molecule has 0 saturated carbocycles. The number of hydrogen-bond acceptors (Lipinski definition) is 4. The molecule has 1 saturated heterocycles. The van der Waals surface area contributed by atoms with E-state index in [4.69, 9.17) is 9.84 Å². The third-order valence-electron chi connectivity index (χ3n) is 3.14. The van der Waals surface area contributed by atoms with Gasteiger partial charge in [0.25, 0.3) is 5.91 Å². The lowest BCUT2D eigenvalue weighted by Crippen LogP contribution is -2.40. The molecule has 1 aromatic rings. The van der Waals surface area contributed by atoms with Crippen molar-refractivity contribution in [2.45, 2.75) is 18.6 Å². The first kappa shape index (κ1) is 13.4. The third kappa shape index (κ3) is 2.68. The minimum Gasteiger partial charge on any atom is -0.497 e. The van der Waals surface area contributed by atoms with Crippen LogP contribution < -0.4 is 4.74 Å². The summed E-state index contributed by atoms with van der Waals surface area (Å²) >= 11 is 0. The Kier molecular flexibility index (Phi) is 3.71. The zero-order chi connectivity index (χ0) is 14.0. The Balaban J connectivity index is 2.24. The summed E-state index contributed by atoms with van der Waals surface area (Å²) in [7, 11) is 1.49. The number of carboxylic acid groups (broad SMARTS) is 1. The summed E-state index contributed by atoms with van der Waals surface area (Å²) in [5, 5.41) is 18.6. The van der Waals surface area contributed by atoms with Gasteiger partial charge in [0.2, 0.25) is 0 Å². The molecule has 1 heterocycles. The minimum absolute atomic E-state index is 0.0347. The van der Waals surface area contributed by atoms with E-state index in [9.17, 15) is 14.7 Å². The van der Waals surface area contributed by atoms with Crippen LogP contribution in [0.1, 0.15) is 16.8 Å².